The molecule has 0 aliphatic carbocycles. The second kappa shape index (κ2) is 21.0. The van der Waals surface area contributed by atoms with Crippen LogP contribution in [0.25, 0.3) is 22.2 Å². The summed E-state index contributed by atoms with van der Waals surface area (Å²) < 4.78 is 49.2. The van der Waals surface area contributed by atoms with Gasteiger partial charge in [-0.3, -0.25) is 9.48 Å². The van der Waals surface area contributed by atoms with Crippen molar-refractivity contribution in [2.24, 2.45) is 5.41 Å². The Kier molecular flexibility index (Phi) is 15.6. The van der Waals surface area contributed by atoms with Crippen molar-refractivity contribution in [3.8, 4) is 22.8 Å². The van der Waals surface area contributed by atoms with Crippen LogP contribution in [0.4, 0.5) is 8.78 Å². The van der Waals surface area contributed by atoms with E-state index in [9.17, 15) is 14.4 Å². The fraction of sp³-hybridized carbons (Fsp3) is 0.319. The normalized spacial score (nSPS) is 11.8. The minimum Gasteiger partial charge on any atom is -0.461 e. The molecule has 0 saturated heterocycles. The first-order valence-electron chi connectivity index (χ1n) is 19.5. The van der Waals surface area contributed by atoms with Crippen molar-refractivity contribution < 1.29 is 37.4 Å². The molecule has 0 amide bonds. The first-order chi connectivity index (χ1) is 28.0. The van der Waals surface area contributed by atoms with Gasteiger partial charge in [0.25, 0.3) is 0 Å². The summed E-state index contributed by atoms with van der Waals surface area (Å²) in [5.41, 5.74) is 3.76. The Labute approximate surface area is 338 Å². The Morgan fingerprint density at radius 1 is 0.931 bits per heavy atom. The number of hydrogen-bond donors (Lipinski definition) is 1. The number of carbonyl (C=O) groups excluding carboxylic acids is 3. The predicted octanol–water partition coefficient (Wildman–Crippen LogP) is 10.5. The highest BCUT2D eigenvalue weighted by atomic mass is 19.1. The van der Waals surface area contributed by atoms with Gasteiger partial charge < -0.3 is 28.8 Å². The number of nitrogens with zero attached hydrogens (tertiary/aromatic N) is 2. The molecule has 11 heteroatoms. The Balaban J connectivity index is 0.00000153. The van der Waals surface area contributed by atoms with Crippen molar-refractivity contribution in [2.45, 2.75) is 78.4 Å². The molecular weight excluding hydrogens is 741 g/mol. The highest BCUT2D eigenvalue weighted by Crippen LogP contribution is 2.37. The standard InChI is InChI=1S/C44H43F2N3O5.C3H8O/c1-44(2,29-51)20-7-6-15-41(32-14-8-12-30(24-32)13-9-23-50)49-22-19-39(48-49)36-25-33(16-17-37(36)45)54-43-35(34-18-21-47-40(34)27-38(43)46)26-42(52)53-28-31-10-4-3-5-11-31;1-3-4-2/h3-5,8,10-12,14,16-19,21-25,27,29,41,47H,6-7,9,13,15,20,26,28H2,1-2H3;3H2,1-2H3. The lowest BCUT2D eigenvalue weighted by Gasteiger charge is -2.21. The highest BCUT2D eigenvalue weighted by Gasteiger charge is 2.23. The van der Waals surface area contributed by atoms with E-state index in [1.165, 1.54) is 24.3 Å². The third-order valence-corrected chi connectivity index (χ3v) is 9.83. The summed E-state index contributed by atoms with van der Waals surface area (Å²) in [4.78, 5) is 38.5. The summed E-state index contributed by atoms with van der Waals surface area (Å²) >= 11 is 0. The van der Waals surface area contributed by atoms with Crippen molar-refractivity contribution in [3.05, 3.63) is 137 Å². The van der Waals surface area contributed by atoms with E-state index in [2.05, 4.69) is 15.8 Å². The van der Waals surface area contributed by atoms with Gasteiger partial charge >= 0.3 is 5.97 Å². The minimum atomic E-state index is -0.694. The second-order valence-corrected chi connectivity index (χ2v) is 14.7. The van der Waals surface area contributed by atoms with Crippen molar-refractivity contribution >= 4 is 29.4 Å². The van der Waals surface area contributed by atoms with Crippen LogP contribution in [0.5, 0.6) is 11.5 Å². The van der Waals surface area contributed by atoms with Crippen LogP contribution < -0.4 is 4.74 Å². The number of esters is 1. The highest BCUT2D eigenvalue weighted by molar-refractivity contribution is 5.89. The van der Waals surface area contributed by atoms with Crippen LogP contribution in [0.3, 0.4) is 0 Å². The van der Waals surface area contributed by atoms with Crippen LogP contribution in [-0.4, -0.2) is 47.0 Å². The van der Waals surface area contributed by atoms with Gasteiger partial charge in [0.05, 0.1) is 18.2 Å². The van der Waals surface area contributed by atoms with Crippen LogP contribution in [-0.2, 0) is 43.3 Å². The third kappa shape index (κ3) is 11.8. The van der Waals surface area contributed by atoms with Gasteiger partial charge in [0, 0.05) is 66.0 Å². The lowest BCUT2D eigenvalue weighted by Crippen LogP contribution is -2.14. The molecule has 6 aromatic rings. The number of ether oxygens (including phenoxy) is 3. The number of aromatic nitrogens is 3. The van der Waals surface area contributed by atoms with E-state index in [0.29, 0.717) is 35.0 Å². The number of aldehydes is 2. The summed E-state index contributed by atoms with van der Waals surface area (Å²) in [7, 11) is 1.68. The number of fused-ring (bicyclic) bond motifs is 1. The molecule has 58 heavy (non-hydrogen) atoms. The second-order valence-electron chi connectivity index (χ2n) is 14.7. The number of benzene rings is 4. The van der Waals surface area contributed by atoms with Crippen LogP contribution in [0.1, 0.15) is 81.2 Å². The Morgan fingerprint density at radius 2 is 1.71 bits per heavy atom. The zero-order chi connectivity index (χ0) is 41.5. The molecule has 0 fully saturated rings. The average molecular weight is 792 g/mol. The molecular formula is C47H51F2N3O6. The lowest BCUT2D eigenvalue weighted by molar-refractivity contribution is -0.144. The van der Waals surface area contributed by atoms with Crippen molar-refractivity contribution in [1.29, 1.82) is 0 Å². The molecule has 4 aromatic carbocycles. The van der Waals surface area contributed by atoms with E-state index in [1.807, 2.05) is 74.0 Å². The Morgan fingerprint density at radius 3 is 2.45 bits per heavy atom. The number of unbranched alkanes of at least 4 members (excludes halogenated alkanes) is 1. The van der Waals surface area contributed by atoms with E-state index >= 15 is 8.78 Å². The van der Waals surface area contributed by atoms with Gasteiger partial charge in [-0.2, -0.15) is 5.10 Å². The number of methoxy groups -OCH3 is 1. The zero-order valence-electron chi connectivity index (χ0n) is 33.5. The van der Waals surface area contributed by atoms with E-state index in [1.54, 1.807) is 31.6 Å². The molecule has 0 bridgehead atoms. The maximum Gasteiger partial charge on any atom is 0.310 e. The largest absolute Gasteiger partial charge is 0.461 e. The van der Waals surface area contributed by atoms with Crippen molar-refractivity contribution in [2.75, 3.05) is 13.7 Å². The first-order valence-corrected chi connectivity index (χ1v) is 19.5. The maximum absolute atomic E-state index is 15.7. The molecule has 1 unspecified atom stereocenters. The van der Waals surface area contributed by atoms with Crippen molar-refractivity contribution in [3.63, 3.8) is 0 Å². The molecule has 1 atom stereocenters. The molecule has 0 radical (unpaired) electrons. The number of H-pyrrole nitrogens is 1. The fourth-order valence-corrected chi connectivity index (χ4v) is 6.59. The van der Waals surface area contributed by atoms with Gasteiger partial charge in [0.1, 0.15) is 30.7 Å². The molecule has 9 nitrogen and oxygen atoms in total. The number of rotatable bonds is 19. The smallest absolute Gasteiger partial charge is 0.310 e. The van der Waals surface area contributed by atoms with Crippen LogP contribution in [0.15, 0.2) is 103 Å². The van der Waals surface area contributed by atoms with Crippen molar-refractivity contribution in [1.82, 2.24) is 14.8 Å². The molecule has 0 saturated carbocycles. The lowest BCUT2D eigenvalue weighted by atomic mass is 9.88. The Bertz CT molecular complexity index is 2260. The van der Waals surface area contributed by atoms with E-state index in [-0.39, 0.29) is 36.1 Å². The molecule has 6 rings (SSSR count). The monoisotopic (exact) mass is 791 g/mol. The number of hydrogen-bond acceptors (Lipinski definition) is 7. The topological polar surface area (TPSA) is 113 Å². The zero-order valence-corrected chi connectivity index (χ0v) is 33.5. The van der Waals surface area contributed by atoms with E-state index < -0.39 is 23.0 Å². The molecule has 0 aliphatic heterocycles. The third-order valence-electron chi connectivity index (χ3n) is 9.83. The average Bonchev–Trinajstić information content (AvgIpc) is 3.92. The summed E-state index contributed by atoms with van der Waals surface area (Å²) in [5, 5.41) is 5.42. The molecule has 304 valence electrons. The van der Waals surface area contributed by atoms with Gasteiger partial charge in [-0.15, -0.1) is 0 Å². The van der Waals surface area contributed by atoms with E-state index in [4.69, 9.17) is 14.6 Å². The number of aryl methyl sites for hydroxylation is 1. The summed E-state index contributed by atoms with van der Waals surface area (Å²) in [5.74, 6) is -1.79. The quantitative estimate of drug-likeness (QED) is 0.0494. The van der Waals surface area contributed by atoms with Gasteiger partial charge in [0.15, 0.2) is 11.6 Å². The number of carbonyl (C=O) groups is 3. The first kappa shape index (κ1) is 43.2. The van der Waals surface area contributed by atoms with Gasteiger partial charge in [-0.05, 0) is 73.2 Å². The molecule has 0 spiro atoms. The summed E-state index contributed by atoms with van der Waals surface area (Å²) in [6, 6.07) is 26.0. The van der Waals surface area contributed by atoms with Crippen LogP contribution in [0.2, 0.25) is 0 Å². The van der Waals surface area contributed by atoms with Crippen LogP contribution in [0, 0.1) is 17.0 Å². The SMILES string of the molecule is CC(C)(C=O)CCCCC(c1cccc(CCC=O)c1)n1ccc(-c2cc(Oc3c(F)cc4[nH]ccc4c3CC(=O)OCc3ccccc3)ccc2F)n1.CCOC. The predicted molar refractivity (Wildman–Crippen MR) is 221 cm³/mol. The maximum atomic E-state index is 15.7. The summed E-state index contributed by atoms with van der Waals surface area (Å²) in [6.07, 6.45) is 9.27. The van der Waals surface area contributed by atoms with Gasteiger partial charge in [-0.1, -0.05) is 81.3 Å². The fourth-order valence-electron chi connectivity index (χ4n) is 6.59. The number of halogens is 2. The van der Waals surface area contributed by atoms with Crippen LogP contribution >= 0.6 is 0 Å². The number of nitrogens with one attached hydrogen (secondary N) is 1. The van der Waals surface area contributed by atoms with E-state index in [0.717, 1.165) is 61.6 Å². The molecule has 2 aromatic heterocycles. The Hall–Kier alpha value is -5.94. The molecule has 0 aliphatic rings. The number of aromatic amines is 1. The van der Waals surface area contributed by atoms with Gasteiger partial charge in [0.2, 0.25) is 0 Å². The summed E-state index contributed by atoms with van der Waals surface area (Å²) in [6.45, 7) is 6.70. The molecule has 1 N–H and O–H groups in total. The molecule has 2 heterocycles. The minimum absolute atomic E-state index is 0.0697. The van der Waals surface area contributed by atoms with Gasteiger partial charge in [-0.25, -0.2) is 8.78 Å².